The zero-order valence-corrected chi connectivity index (χ0v) is 10.5. The summed E-state index contributed by atoms with van der Waals surface area (Å²) in [6, 6.07) is 6.72. The molecule has 1 amide bonds. The number of carboxylic acid groups (broad SMARTS) is 1. The van der Waals surface area contributed by atoms with E-state index in [4.69, 9.17) is 17.0 Å². The van der Waals surface area contributed by atoms with E-state index in [1.54, 1.807) is 24.3 Å². The Balaban J connectivity index is 2.25. The van der Waals surface area contributed by atoms with Gasteiger partial charge >= 0.3 is 0 Å². The highest BCUT2D eigenvalue weighted by molar-refractivity contribution is 7.80. The Morgan fingerprint density at radius 3 is 2.74 bits per heavy atom. The highest BCUT2D eigenvalue weighted by atomic mass is 32.1. The van der Waals surface area contributed by atoms with Gasteiger partial charge in [-0.25, -0.2) is 0 Å². The third-order valence-electron chi connectivity index (χ3n) is 2.28. The van der Waals surface area contributed by atoms with E-state index in [2.05, 4.69) is 10.6 Å². The fourth-order valence-corrected chi connectivity index (χ4v) is 1.71. The molecule has 2 N–H and O–H groups in total. The summed E-state index contributed by atoms with van der Waals surface area (Å²) < 4.78 is 5.07. The van der Waals surface area contributed by atoms with Crippen molar-refractivity contribution < 1.29 is 19.4 Å². The molecule has 0 radical (unpaired) electrons. The summed E-state index contributed by atoms with van der Waals surface area (Å²) in [7, 11) is 0. The minimum absolute atomic E-state index is 0.226. The minimum atomic E-state index is -1.32. The van der Waals surface area contributed by atoms with Gasteiger partial charge in [-0.2, -0.15) is 0 Å². The van der Waals surface area contributed by atoms with Gasteiger partial charge in [-0.1, -0.05) is 18.2 Å². The Bertz CT molecular complexity index is 583. The molecule has 1 fully saturated rings. The molecule has 0 spiro atoms. The standard InChI is InChI=1S/C12H10N2O4S/c15-10(16)6-18-9-4-2-1-3-7(9)5-8-11(17)14-12(19)13-8/h1-5H,6H2,(H,15,16)(H2,13,14,17,19)/p-1. The number of rotatable bonds is 4. The lowest BCUT2D eigenvalue weighted by molar-refractivity contribution is -0.307. The van der Waals surface area contributed by atoms with Crippen LogP contribution in [0.1, 0.15) is 5.56 Å². The van der Waals surface area contributed by atoms with Gasteiger partial charge in [0.2, 0.25) is 0 Å². The van der Waals surface area contributed by atoms with E-state index >= 15 is 0 Å². The second-order valence-electron chi connectivity index (χ2n) is 3.66. The van der Waals surface area contributed by atoms with Crippen molar-refractivity contribution in [1.29, 1.82) is 0 Å². The normalized spacial score (nSPS) is 16.1. The fourth-order valence-electron chi connectivity index (χ4n) is 1.51. The van der Waals surface area contributed by atoms with Crippen molar-refractivity contribution >= 4 is 35.3 Å². The van der Waals surface area contributed by atoms with Gasteiger partial charge in [0.1, 0.15) is 18.1 Å². The van der Waals surface area contributed by atoms with Crippen LogP contribution in [0, 0.1) is 0 Å². The Morgan fingerprint density at radius 2 is 2.11 bits per heavy atom. The van der Waals surface area contributed by atoms with Crippen molar-refractivity contribution in [3.63, 3.8) is 0 Å². The first-order chi connectivity index (χ1) is 9.06. The number of amides is 1. The first kappa shape index (κ1) is 13.0. The summed E-state index contributed by atoms with van der Waals surface area (Å²) in [5.74, 6) is -1.33. The highest BCUT2D eigenvalue weighted by Crippen LogP contribution is 2.21. The fraction of sp³-hybridized carbons (Fsp3) is 0.0833. The van der Waals surface area contributed by atoms with E-state index in [1.807, 2.05) is 0 Å². The summed E-state index contributed by atoms with van der Waals surface area (Å²) in [6.45, 7) is -0.557. The molecule has 0 unspecified atom stereocenters. The molecule has 1 aliphatic rings. The smallest absolute Gasteiger partial charge is 0.273 e. The van der Waals surface area contributed by atoms with Gasteiger partial charge in [-0.3, -0.25) is 10.1 Å². The number of hydrogen-bond donors (Lipinski definition) is 2. The van der Waals surface area contributed by atoms with Crippen LogP contribution in [0.25, 0.3) is 6.08 Å². The lowest BCUT2D eigenvalue weighted by atomic mass is 10.1. The number of nitrogens with one attached hydrogen (secondary N) is 2. The van der Waals surface area contributed by atoms with Crippen LogP contribution in [0.15, 0.2) is 30.0 Å². The number of benzene rings is 1. The molecule has 6 nitrogen and oxygen atoms in total. The second-order valence-corrected chi connectivity index (χ2v) is 4.07. The molecule has 19 heavy (non-hydrogen) atoms. The van der Waals surface area contributed by atoms with E-state index < -0.39 is 12.6 Å². The van der Waals surface area contributed by atoms with Crippen LogP contribution >= 0.6 is 12.2 Å². The SMILES string of the molecule is O=C([O-])COc1ccccc1C=C1NC(=S)NC1=O. The van der Waals surface area contributed by atoms with Gasteiger partial charge in [-0.05, 0) is 24.4 Å². The van der Waals surface area contributed by atoms with Crippen molar-refractivity contribution in [1.82, 2.24) is 10.6 Å². The summed E-state index contributed by atoms with van der Waals surface area (Å²) >= 11 is 4.81. The number of para-hydroxylation sites is 1. The van der Waals surface area contributed by atoms with Gasteiger partial charge < -0.3 is 20.0 Å². The average molecular weight is 277 g/mol. The predicted molar refractivity (Wildman–Crippen MR) is 68.8 cm³/mol. The molecule has 2 rings (SSSR count). The summed E-state index contributed by atoms with van der Waals surface area (Å²) in [6.07, 6.45) is 1.53. The van der Waals surface area contributed by atoms with Gasteiger partial charge in [0.15, 0.2) is 5.11 Å². The van der Waals surface area contributed by atoms with Crippen LogP contribution in [0.2, 0.25) is 0 Å². The number of carbonyl (C=O) groups is 2. The van der Waals surface area contributed by atoms with E-state index in [0.717, 1.165) is 0 Å². The van der Waals surface area contributed by atoms with Gasteiger partial charge in [-0.15, -0.1) is 0 Å². The van der Waals surface area contributed by atoms with Crippen LogP contribution in [0.5, 0.6) is 5.75 Å². The molecule has 0 aromatic heterocycles. The first-order valence-corrected chi connectivity index (χ1v) is 5.73. The average Bonchev–Trinajstić information content (AvgIpc) is 2.67. The number of carboxylic acids is 1. The van der Waals surface area contributed by atoms with Crippen molar-refractivity contribution in [2.24, 2.45) is 0 Å². The van der Waals surface area contributed by atoms with Crippen LogP contribution in [0.3, 0.4) is 0 Å². The Hall–Kier alpha value is -2.41. The molecule has 1 heterocycles. The molecule has 98 valence electrons. The van der Waals surface area contributed by atoms with E-state index in [9.17, 15) is 14.7 Å². The largest absolute Gasteiger partial charge is 0.546 e. The molecule has 7 heteroatoms. The quantitative estimate of drug-likeness (QED) is 0.551. The molecular formula is C12H9N2O4S-. The third-order valence-corrected chi connectivity index (χ3v) is 2.49. The molecule has 0 atom stereocenters. The minimum Gasteiger partial charge on any atom is -0.546 e. The Kier molecular flexibility index (Phi) is 3.76. The van der Waals surface area contributed by atoms with Crippen LogP contribution in [-0.4, -0.2) is 23.6 Å². The van der Waals surface area contributed by atoms with Crippen molar-refractivity contribution in [2.75, 3.05) is 6.61 Å². The lowest BCUT2D eigenvalue weighted by Crippen LogP contribution is -2.29. The van der Waals surface area contributed by atoms with Crippen molar-refractivity contribution in [2.45, 2.75) is 0 Å². The first-order valence-electron chi connectivity index (χ1n) is 5.32. The molecular weight excluding hydrogens is 268 g/mol. The third kappa shape index (κ3) is 3.29. The van der Waals surface area contributed by atoms with E-state index in [1.165, 1.54) is 6.08 Å². The van der Waals surface area contributed by atoms with Crippen LogP contribution in [0.4, 0.5) is 0 Å². The topological polar surface area (TPSA) is 90.5 Å². The van der Waals surface area contributed by atoms with Gasteiger partial charge in [0.05, 0.1) is 5.97 Å². The maximum Gasteiger partial charge on any atom is 0.273 e. The van der Waals surface area contributed by atoms with Crippen molar-refractivity contribution in [3.8, 4) is 5.75 Å². The molecule has 1 aliphatic heterocycles. The number of thiocarbonyl (C=S) groups is 1. The molecule has 0 aliphatic carbocycles. The molecule has 0 saturated carbocycles. The second kappa shape index (κ2) is 5.49. The highest BCUT2D eigenvalue weighted by Gasteiger charge is 2.20. The molecule has 1 aromatic rings. The summed E-state index contributed by atoms with van der Waals surface area (Å²) in [4.78, 5) is 21.9. The maximum absolute atomic E-state index is 11.5. The zero-order chi connectivity index (χ0) is 13.8. The number of ether oxygens (including phenoxy) is 1. The van der Waals surface area contributed by atoms with Crippen LogP contribution in [-0.2, 0) is 9.59 Å². The van der Waals surface area contributed by atoms with Gasteiger partial charge in [0, 0.05) is 5.56 Å². The van der Waals surface area contributed by atoms with E-state index in [0.29, 0.717) is 11.3 Å². The molecule has 1 saturated heterocycles. The summed E-state index contributed by atoms with van der Waals surface area (Å²) in [5, 5.41) is 15.7. The number of hydrogen-bond acceptors (Lipinski definition) is 5. The monoisotopic (exact) mass is 277 g/mol. The maximum atomic E-state index is 11.5. The Labute approximate surface area is 114 Å². The molecule has 1 aromatic carbocycles. The Morgan fingerprint density at radius 1 is 1.37 bits per heavy atom. The van der Waals surface area contributed by atoms with Crippen molar-refractivity contribution in [3.05, 3.63) is 35.5 Å². The van der Waals surface area contributed by atoms with E-state index in [-0.39, 0.29) is 16.7 Å². The summed E-state index contributed by atoms with van der Waals surface area (Å²) in [5.41, 5.74) is 0.834. The zero-order valence-electron chi connectivity index (χ0n) is 9.64. The number of carbonyl (C=O) groups excluding carboxylic acids is 2. The van der Waals surface area contributed by atoms with Gasteiger partial charge in [0.25, 0.3) is 5.91 Å². The predicted octanol–water partition coefficient (Wildman–Crippen LogP) is -0.840. The number of aliphatic carboxylic acids is 1. The van der Waals surface area contributed by atoms with Crippen LogP contribution < -0.4 is 20.5 Å². The lowest BCUT2D eigenvalue weighted by Gasteiger charge is -2.09. The molecule has 0 bridgehead atoms.